The van der Waals surface area contributed by atoms with Crippen LogP contribution in [0.1, 0.15) is 27.8 Å². The number of carbonyl (C=O) groups excluding carboxylic acids is 1. The summed E-state index contributed by atoms with van der Waals surface area (Å²) in [6.45, 7) is 1.64. The molecule has 1 aromatic carbocycles. The van der Waals surface area contributed by atoms with Crippen LogP contribution in [0, 0.1) is 5.82 Å². The predicted molar refractivity (Wildman–Crippen MR) is 90.2 cm³/mol. The minimum absolute atomic E-state index is 0. The van der Waals surface area contributed by atoms with Gasteiger partial charge in [-0.25, -0.2) is 14.4 Å². The van der Waals surface area contributed by atoms with Gasteiger partial charge in [-0.2, -0.15) is 13.2 Å². The SMILES string of the molecule is Cl.O=C(Nc1ccc([C@H]2CNCCO2)c(F)c1)c1cnc(C(F)(F)F)cn1. The highest BCUT2D eigenvalue weighted by molar-refractivity contribution is 6.02. The molecule has 3 rings (SSSR count). The van der Waals surface area contributed by atoms with Crippen molar-refractivity contribution in [1.29, 1.82) is 0 Å². The van der Waals surface area contributed by atoms with Gasteiger partial charge in [0.2, 0.25) is 0 Å². The van der Waals surface area contributed by atoms with Crippen LogP contribution >= 0.6 is 12.4 Å². The molecule has 1 saturated heterocycles. The van der Waals surface area contributed by atoms with Crippen molar-refractivity contribution in [3.05, 3.63) is 53.4 Å². The van der Waals surface area contributed by atoms with Crippen LogP contribution in [0.4, 0.5) is 23.2 Å². The summed E-state index contributed by atoms with van der Waals surface area (Å²) in [6, 6.07) is 4.08. The van der Waals surface area contributed by atoms with Crippen LogP contribution in [0.3, 0.4) is 0 Å². The average molecular weight is 407 g/mol. The number of morpholine rings is 1. The number of benzene rings is 1. The number of aromatic nitrogens is 2. The number of ether oxygens (including phenoxy) is 1. The van der Waals surface area contributed by atoms with E-state index < -0.39 is 29.7 Å². The van der Waals surface area contributed by atoms with E-state index in [1.54, 1.807) is 0 Å². The van der Waals surface area contributed by atoms with E-state index in [1.807, 2.05) is 0 Å². The molecule has 27 heavy (non-hydrogen) atoms. The molecule has 1 amide bonds. The molecular formula is C16H15ClF4N4O2. The first-order chi connectivity index (χ1) is 12.3. The first-order valence-corrected chi connectivity index (χ1v) is 7.67. The molecule has 0 aliphatic carbocycles. The Bertz CT molecular complexity index is 796. The van der Waals surface area contributed by atoms with Crippen molar-refractivity contribution >= 4 is 24.0 Å². The Morgan fingerprint density at radius 3 is 2.59 bits per heavy atom. The molecule has 2 heterocycles. The molecule has 1 atom stereocenters. The quantitative estimate of drug-likeness (QED) is 0.766. The molecule has 146 valence electrons. The summed E-state index contributed by atoms with van der Waals surface area (Å²) in [5.74, 6) is -1.36. The zero-order valence-electron chi connectivity index (χ0n) is 13.7. The topological polar surface area (TPSA) is 76.1 Å². The Morgan fingerprint density at radius 2 is 2.04 bits per heavy atom. The summed E-state index contributed by atoms with van der Waals surface area (Å²) in [6.07, 6.45) is -3.89. The number of amides is 1. The highest BCUT2D eigenvalue weighted by Crippen LogP contribution is 2.27. The summed E-state index contributed by atoms with van der Waals surface area (Å²) in [7, 11) is 0. The lowest BCUT2D eigenvalue weighted by molar-refractivity contribution is -0.141. The van der Waals surface area contributed by atoms with Crippen LogP contribution in [0.2, 0.25) is 0 Å². The maximum absolute atomic E-state index is 14.3. The smallest absolute Gasteiger partial charge is 0.371 e. The van der Waals surface area contributed by atoms with Crippen molar-refractivity contribution in [1.82, 2.24) is 15.3 Å². The third kappa shape index (κ3) is 5.12. The van der Waals surface area contributed by atoms with Gasteiger partial charge in [0.1, 0.15) is 11.5 Å². The molecule has 6 nitrogen and oxygen atoms in total. The van der Waals surface area contributed by atoms with Gasteiger partial charge in [-0.3, -0.25) is 4.79 Å². The van der Waals surface area contributed by atoms with E-state index in [0.29, 0.717) is 37.7 Å². The number of nitrogens with zero attached hydrogens (tertiary/aromatic N) is 2. The highest BCUT2D eigenvalue weighted by Gasteiger charge is 2.33. The van der Waals surface area contributed by atoms with Crippen LogP contribution in [0.25, 0.3) is 0 Å². The third-order valence-corrected chi connectivity index (χ3v) is 3.71. The molecular weight excluding hydrogens is 392 g/mol. The fourth-order valence-corrected chi connectivity index (χ4v) is 2.42. The molecule has 1 fully saturated rings. The maximum atomic E-state index is 14.3. The monoisotopic (exact) mass is 406 g/mol. The lowest BCUT2D eigenvalue weighted by atomic mass is 10.1. The molecule has 1 aliphatic heterocycles. The number of anilines is 1. The second-order valence-corrected chi connectivity index (χ2v) is 5.54. The van der Waals surface area contributed by atoms with E-state index in [4.69, 9.17) is 4.74 Å². The van der Waals surface area contributed by atoms with Crippen molar-refractivity contribution in [3.8, 4) is 0 Å². The van der Waals surface area contributed by atoms with Crippen molar-refractivity contribution in [2.24, 2.45) is 0 Å². The van der Waals surface area contributed by atoms with Gasteiger partial charge in [-0.1, -0.05) is 6.07 Å². The summed E-state index contributed by atoms with van der Waals surface area (Å²) < 4.78 is 57.1. The van der Waals surface area contributed by atoms with Gasteiger partial charge in [0.05, 0.1) is 25.1 Å². The van der Waals surface area contributed by atoms with Gasteiger partial charge in [0.25, 0.3) is 5.91 Å². The van der Waals surface area contributed by atoms with Gasteiger partial charge in [-0.05, 0) is 12.1 Å². The van der Waals surface area contributed by atoms with E-state index in [0.717, 1.165) is 6.07 Å². The standard InChI is InChI=1S/C16H14F4N4O2.ClH/c17-11-5-9(1-2-10(11)13-7-21-3-4-26-13)24-15(25)12-6-23-14(8-22-12)16(18,19)20;/h1-2,5-6,8,13,21H,3-4,7H2,(H,24,25);1H/t13-;/m1./s1. The fraction of sp³-hybridized carbons (Fsp3) is 0.312. The highest BCUT2D eigenvalue weighted by atomic mass is 35.5. The van der Waals surface area contributed by atoms with Gasteiger partial charge >= 0.3 is 6.18 Å². The van der Waals surface area contributed by atoms with Crippen molar-refractivity contribution in [3.63, 3.8) is 0 Å². The van der Waals surface area contributed by atoms with E-state index >= 15 is 0 Å². The molecule has 0 saturated carbocycles. The molecule has 1 aliphatic rings. The van der Waals surface area contributed by atoms with Gasteiger partial charge < -0.3 is 15.4 Å². The Hall–Kier alpha value is -2.30. The van der Waals surface area contributed by atoms with Crippen molar-refractivity contribution in [2.45, 2.75) is 12.3 Å². The number of halogens is 5. The van der Waals surface area contributed by atoms with Crippen molar-refractivity contribution in [2.75, 3.05) is 25.0 Å². The Kier molecular flexibility index (Phi) is 6.68. The lowest BCUT2D eigenvalue weighted by Crippen LogP contribution is -2.33. The van der Waals surface area contributed by atoms with E-state index in [9.17, 15) is 22.4 Å². The third-order valence-electron chi connectivity index (χ3n) is 3.71. The number of carbonyl (C=O) groups is 1. The number of hydrogen-bond donors (Lipinski definition) is 2. The Morgan fingerprint density at radius 1 is 1.26 bits per heavy atom. The second-order valence-electron chi connectivity index (χ2n) is 5.54. The molecule has 2 aromatic rings. The molecule has 0 bridgehead atoms. The van der Waals surface area contributed by atoms with Crippen LogP contribution in [-0.4, -0.2) is 35.6 Å². The number of nitrogens with one attached hydrogen (secondary N) is 2. The largest absolute Gasteiger partial charge is 0.434 e. The molecule has 2 N–H and O–H groups in total. The zero-order valence-corrected chi connectivity index (χ0v) is 14.5. The Labute approximate surface area is 157 Å². The number of hydrogen-bond acceptors (Lipinski definition) is 5. The molecule has 0 spiro atoms. The van der Waals surface area contributed by atoms with E-state index in [-0.39, 0.29) is 23.8 Å². The maximum Gasteiger partial charge on any atom is 0.434 e. The van der Waals surface area contributed by atoms with Crippen LogP contribution in [-0.2, 0) is 10.9 Å². The van der Waals surface area contributed by atoms with E-state index in [2.05, 4.69) is 20.6 Å². The molecule has 11 heteroatoms. The summed E-state index contributed by atoms with van der Waals surface area (Å²) in [4.78, 5) is 18.6. The van der Waals surface area contributed by atoms with Gasteiger partial charge in [-0.15, -0.1) is 12.4 Å². The number of alkyl halides is 3. The molecule has 1 aromatic heterocycles. The minimum atomic E-state index is -4.64. The normalized spacial score (nSPS) is 17.1. The number of rotatable bonds is 3. The summed E-state index contributed by atoms with van der Waals surface area (Å²) >= 11 is 0. The fourth-order valence-electron chi connectivity index (χ4n) is 2.42. The first kappa shape index (κ1) is 21.0. The van der Waals surface area contributed by atoms with Crippen LogP contribution in [0.15, 0.2) is 30.6 Å². The van der Waals surface area contributed by atoms with Gasteiger partial charge in [0, 0.05) is 24.3 Å². The molecule has 0 radical (unpaired) electrons. The second kappa shape index (κ2) is 8.59. The van der Waals surface area contributed by atoms with Crippen LogP contribution < -0.4 is 10.6 Å². The van der Waals surface area contributed by atoms with Crippen LogP contribution in [0.5, 0.6) is 0 Å². The predicted octanol–water partition coefficient (Wildman–Crippen LogP) is 2.97. The lowest BCUT2D eigenvalue weighted by Gasteiger charge is -2.24. The van der Waals surface area contributed by atoms with Gasteiger partial charge in [0.15, 0.2) is 5.69 Å². The average Bonchev–Trinajstić information content (AvgIpc) is 2.62. The van der Waals surface area contributed by atoms with Crippen molar-refractivity contribution < 1.29 is 27.1 Å². The molecule has 0 unspecified atom stereocenters. The Balaban J connectivity index is 0.00000261. The first-order valence-electron chi connectivity index (χ1n) is 7.67. The summed E-state index contributed by atoms with van der Waals surface area (Å²) in [5.41, 5.74) is -1.03. The minimum Gasteiger partial charge on any atom is -0.371 e. The summed E-state index contributed by atoms with van der Waals surface area (Å²) in [5, 5.41) is 5.46. The van der Waals surface area contributed by atoms with E-state index in [1.165, 1.54) is 12.1 Å². The zero-order chi connectivity index (χ0) is 18.7.